The van der Waals surface area contributed by atoms with E-state index in [1.165, 1.54) is 22.7 Å². The maximum Gasteiger partial charge on any atom is 0.344 e. The van der Waals surface area contributed by atoms with Crippen LogP contribution in [-0.2, 0) is 19.1 Å². The van der Waals surface area contributed by atoms with Gasteiger partial charge in [-0.05, 0) is 94.2 Å². The number of aromatic nitrogens is 1. The molecule has 8 nitrogen and oxygen atoms in total. The molecular weight excluding hydrogens is 802 g/mol. The predicted molar refractivity (Wildman–Crippen MR) is 179 cm³/mol. The number of hydrogen-bond donors (Lipinski definition) is 0. The Morgan fingerprint density at radius 3 is 2.38 bits per heavy atom. The molecule has 1 aliphatic rings. The van der Waals surface area contributed by atoms with E-state index in [2.05, 4.69) is 45.2 Å². The van der Waals surface area contributed by atoms with Crippen LogP contribution in [-0.4, -0.2) is 36.3 Å². The van der Waals surface area contributed by atoms with E-state index in [1.807, 2.05) is 66.1 Å². The minimum Gasteiger partial charge on any atom is -0.480 e. The molecule has 216 valence electrons. The average Bonchev–Trinajstić information content (AvgIpc) is 3.61. The molecule has 42 heavy (non-hydrogen) atoms. The summed E-state index contributed by atoms with van der Waals surface area (Å²) in [6, 6.07) is 16.4. The summed E-state index contributed by atoms with van der Waals surface area (Å²) in [5.41, 5.74) is 2.13. The lowest BCUT2D eigenvalue weighted by Crippen LogP contribution is -2.39. The van der Waals surface area contributed by atoms with Crippen molar-refractivity contribution in [2.75, 3.05) is 19.8 Å². The molecular formula is C30H24I2N2O6S2. The Labute approximate surface area is 276 Å². The first-order chi connectivity index (χ1) is 20.3. The van der Waals surface area contributed by atoms with E-state index in [-0.39, 0.29) is 25.4 Å². The summed E-state index contributed by atoms with van der Waals surface area (Å²) in [6.07, 6.45) is 1.81. The molecule has 0 bridgehead atoms. The van der Waals surface area contributed by atoms with Gasteiger partial charge in [-0.3, -0.25) is 9.36 Å². The molecule has 0 fully saturated rings. The van der Waals surface area contributed by atoms with Gasteiger partial charge in [0.05, 0.1) is 36.2 Å². The van der Waals surface area contributed by atoms with E-state index in [0.29, 0.717) is 26.4 Å². The molecule has 0 spiro atoms. The quantitative estimate of drug-likeness (QED) is 0.171. The number of thiophene rings is 1. The Hall–Kier alpha value is -2.82. The normalized spacial score (nSPS) is 14.8. The Morgan fingerprint density at radius 2 is 1.74 bits per heavy atom. The van der Waals surface area contributed by atoms with Gasteiger partial charge in [-0.15, -0.1) is 11.3 Å². The molecule has 2 aromatic carbocycles. The molecule has 1 atom stereocenters. The van der Waals surface area contributed by atoms with Crippen LogP contribution in [0.25, 0.3) is 11.8 Å². The number of esters is 2. The smallest absolute Gasteiger partial charge is 0.344 e. The van der Waals surface area contributed by atoms with Crippen LogP contribution in [0.5, 0.6) is 5.75 Å². The molecule has 12 heteroatoms. The summed E-state index contributed by atoms with van der Waals surface area (Å²) in [5.74, 6) is -0.367. The van der Waals surface area contributed by atoms with Crippen LogP contribution in [0, 0.1) is 7.14 Å². The highest BCUT2D eigenvalue weighted by Crippen LogP contribution is 2.37. The molecule has 0 radical (unpaired) electrons. The first-order valence-electron chi connectivity index (χ1n) is 12.9. The van der Waals surface area contributed by atoms with Crippen LogP contribution >= 0.6 is 67.9 Å². The van der Waals surface area contributed by atoms with E-state index in [4.69, 9.17) is 19.2 Å². The largest absolute Gasteiger partial charge is 0.480 e. The fourth-order valence-corrected chi connectivity index (χ4v) is 8.39. The van der Waals surface area contributed by atoms with Gasteiger partial charge >= 0.3 is 11.9 Å². The van der Waals surface area contributed by atoms with Crippen LogP contribution in [0.2, 0.25) is 0 Å². The number of benzene rings is 2. The van der Waals surface area contributed by atoms with Crippen LogP contribution in [0.15, 0.2) is 75.3 Å². The minimum absolute atomic E-state index is 0.187. The standard InChI is InChI=1S/C30H24I2N2O6S2/c1-3-38-23(35)16-40-27-19(31)13-17(14-20(27)32)15-22-28(36)34-26(21-11-8-12-41-21)24(29(37)39-4-2)25(33-30(34)42-22)18-9-6-5-7-10-18/h5-15,26H,3-4,16H2,1-2H3/b22-15-/t26-/m0/s1. The lowest BCUT2D eigenvalue weighted by atomic mass is 9.97. The monoisotopic (exact) mass is 826 g/mol. The average molecular weight is 826 g/mol. The minimum atomic E-state index is -0.684. The summed E-state index contributed by atoms with van der Waals surface area (Å²) in [6.45, 7) is 3.79. The molecule has 5 rings (SSSR count). The number of carbonyl (C=O) groups excluding carboxylic acids is 2. The molecule has 2 aromatic heterocycles. The number of nitrogens with zero attached hydrogens (tertiary/aromatic N) is 2. The van der Waals surface area contributed by atoms with Gasteiger partial charge in [0.25, 0.3) is 5.56 Å². The van der Waals surface area contributed by atoms with Gasteiger partial charge in [-0.1, -0.05) is 47.7 Å². The van der Waals surface area contributed by atoms with E-state index < -0.39 is 18.0 Å². The molecule has 1 aliphatic heterocycles. The highest BCUT2D eigenvalue weighted by molar-refractivity contribution is 14.1. The van der Waals surface area contributed by atoms with Crippen molar-refractivity contribution in [3.8, 4) is 5.75 Å². The molecule has 0 saturated heterocycles. The van der Waals surface area contributed by atoms with E-state index >= 15 is 0 Å². The molecule has 0 saturated carbocycles. The van der Waals surface area contributed by atoms with Crippen LogP contribution in [0.1, 0.15) is 35.9 Å². The molecule has 4 aromatic rings. The van der Waals surface area contributed by atoms with Gasteiger partial charge in [0, 0.05) is 10.4 Å². The van der Waals surface area contributed by atoms with Crippen molar-refractivity contribution in [2.45, 2.75) is 19.9 Å². The highest BCUT2D eigenvalue weighted by Gasteiger charge is 2.35. The maximum atomic E-state index is 14.0. The Kier molecular flexibility index (Phi) is 9.96. The molecule has 0 N–H and O–H groups in total. The lowest BCUT2D eigenvalue weighted by molar-refractivity contribution is -0.145. The second kappa shape index (κ2) is 13.7. The fourth-order valence-electron chi connectivity index (χ4n) is 4.44. The zero-order valence-electron chi connectivity index (χ0n) is 22.5. The number of thiazole rings is 1. The highest BCUT2D eigenvalue weighted by atomic mass is 127. The summed E-state index contributed by atoms with van der Waals surface area (Å²) in [5, 5.41) is 1.92. The SMILES string of the molecule is CCOC(=O)COc1c(I)cc(/C=c2\sc3n(c2=O)[C@@H](c2cccs2)C(C(=O)OCC)=C(c2ccccc2)N=3)cc1I. The summed E-state index contributed by atoms with van der Waals surface area (Å²) < 4.78 is 19.8. The van der Waals surface area contributed by atoms with Crippen molar-refractivity contribution in [1.82, 2.24) is 4.57 Å². The second-order valence-electron chi connectivity index (χ2n) is 8.85. The molecule has 3 heterocycles. The van der Waals surface area contributed by atoms with Crippen LogP contribution < -0.4 is 19.6 Å². The molecule has 0 unspecified atom stereocenters. The summed E-state index contributed by atoms with van der Waals surface area (Å²) in [7, 11) is 0. The second-order valence-corrected chi connectivity index (χ2v) is 13.2. The Morgan fingerprint density at radius 1 is 1.02 bits per heavy atom. The zero-order chi connectivity index (χ0) is 29.8. The van der Waals surface area contributed by atoms with Crippen molar-refractivity contribution in [3.63, 3.8) is 0 Å². The zero-order valence-corrected chi connectivity index (χ0v) is 28.4. The van der Waals surface area contributed by atoms with Gasteiger partial charge in [-0.2, -0.15) is 0 Å². The number of halogens is 2. The van der Waals surface area contributed by atoms with Crippen molar-refractivity contribution in [1.29, 1.82) is 0 Å². The van der Waals surface area contributed by atoms with Gasteiger partial charge in [0.2, 0.25) is 0 Å². The van der Waals surface area contributed by atoms with Crippen molar-refractivity contribution in [2.24, 2.45) is 4.99 Å². The third-order valence-corrected chi connectivity index (χ3v) is 9.65. The van der Waals surface area contributed by atoms with Crippen molar-refractivity contribution >= 4 is 91.6 Å². The maximum absolute atomic E-state index is 14.0. The van der Waals surface area contributed by atoms with Gasteiger partial charge in [0.15, 0.2) is 11.4 Å². The number of carbonyl (C=O) groups is 2. The van der Waals surface area contributed by atoms with Crippen molar-refractivity contribution < 1.29 is 23.8 Å². The first kappa shape index (κ1) is 30.6. The van der Waals surface area contributed by atoms with Gasteiger partial charge < -0.3 is 14.2 Å². The number of rotatable bonds is 9. The van der Waals surface area contributed by atoms with E-state index in [9.17, 15) is 14.4 Å². The lowest BCUT2D eigenvalue weighted by Gasteiger charge is -2.24. The Bertz CT molecular complexity index is 1820. The predicted octanol–water partition coefficient (Wildman–Crippen LogP) is 5.15. The topological polar surface area (TPSA) is 96.2 Å². The van der Waals surface area contributed by atoms with Crippen LogP contribution in [0.3, 0.4) is 0 Å². The van der Waals surface area contributed by atoms with Gasteiger partial charge in [0.1, 0.15) is 11.8 Å². The number of fused-ring (bicyclic) bond motifs is 1. The van der Waals surface area contributed by atoms with E-state index in [1.54, 1.807) is 18.4 Å². The Balaban J connectivity index is 1.65. The molecule has 0 aliphatic carbocycles. The fraction of sp³-hybridized carbons (Fsp3) is 0.200. The van der Waals surface area contributed by atoms with Crippen LogP contribution in [0.4, 0.5) is 0 Å². The number of hydrogen-bond acceptors (Lipinski definition) is 9. The van der Waals surface area contributed by atoms with E-state index in [0.717, 1.165) is 23.1 Å². The number of ether oxygens (including phenoxy) is 3. The third-order valence-electron chi connectivity index (χ3n) is 6.14. The summed E-state index contributed by atoms with van der Waals surface area (Å²) in [4.78, 5) is 45.4. The third kappa shape index (κ3) is 6.40. The summed E-state index contributed by atoms with van der Waals surface area (Å²) >= 11 is 7.03. The van der Waals surface area contributed by atoms with Crippen molar-refractivity contribution in [3.05, 3.63) is 108 Å². The molecule has 0 amide bonds. The van der Waals surface area contributed by atoms with Gasteiger partial charge in [-0.25, -0.2) is 14.6 Å². The first-order valence-corrected chi connectivity index (χ1v) is 16.8.